The van der Waals surface area contributed by atoms with Gasteiger partial charge in [-0.15, -0.1) is 0 Å². The number of nitrogens with zero attached hydrogens (tertiary/aromatic N) is 2. The number of benzene rings is 3. The van der Waals surface area contributed by atoms with Gasteiger partial charge in [0.15, 0.2) is 0 Å². The van der Waals surface area contributed by atoms with Gasteiger partial charge in [-0.25, -0.2) is 21.6 Å². The number of hydrogen-bond donors (Lipinski definition) is 1. The topological polar surface area (TPSA) is 136 Å². The van der Waals surface area contributed by atoms with Gasteiger partial charge in [-0.3, -0.25) is 10.1 Å². The summed E-state index contributed by atoms with van der Waals surface area (Å²) in [7, 11) is -7.88. The molecule has 3 aromatic carbocycles. The molecule has 1 aliphatic heterocycles. The second kappa shape index (κ2) is 11.1. The van der Waals surface area contributed by atoms with Gasteiger partial charge < -0.3 is 4.74 Å². The van der Waals surface area contributed by atoms with E-state index in [-0.39, 0.29) is 35.2 Å². The minimum atomic E-state index is -4.06. The second-order valence-corrected chi connectivity index (χ2v) is 12.4. The molecule has 3 aromatic rings. The normalized spacial score (nSPS) is 18.9. The zero-order valence-corrected chi connectivity index (χ0v) is 21.7. The first-order valence-electron chi connectivity index (χ1n) is 11.5. The van der Waals surface area contributed by atoms with Gasteiger partial charge in [0.2, 0.25) is 20.0 Å². The number of ether oxygens (including phenoxy) is 1. The Labute approximate surface area is 216 Å². The molecule has 1 aliphatic rings. The minimum absolute atomic E-state index is 0.0536. The Morgan fingerprint density at radius 3 is 2.19 bits per heavy atom. The predicted molar refractivity (Wildman–Crippen MR) is 137 cm³/mol. The van der Waals surface area contributed by atoms with Gasteiger partial charge in [0, 0.05) is 25.2 Å². The fourth-order valence-electron chi connectivity index (χ4n) is 4.08. The highest BCUT2D eigenvalue weighted by Gasteiger charge is 2.38. The molecule has 4 rings (SSSR count). The van der Waals surface area contributed by atoms with Gasteiger partial charge in [0.1, 0.15) is 0 Å². The van der Waals surface area contributed by atoms with E-state index in [1.54, 1.807) is 12.1 Å². The van der Waals surface area contributed by atoms with E-state index in [0.717, 1.165) is 23.3 Å². The van der Waals surface area contributed by atoms with E-state index in [1.165, 1.54) is 28.6 Å². The van der Waals surface area contributed by atoms with Crippen molar-refractivity contribution in [1.82, 2.24) is 9.03 Å². The lowest BCUT2D eigenvalue weighted by molar-refractivity contribution is -0.384. The second-order valence-electron chi connectivity index (χ2n) is 8.79. The van der Waals surface area contributed by atoms with Crippen LogP contribution in [0.2, 0.25) is 0 Å². The van der Waals surface area contributed by atoms with Crippen LogP contribution >= 0.6 is 0 Å². The van der Waals surface area contributed by atoms with E-state index in [4.69, 9.17) is 4.74 Å². The van der Waals surface area contributed by atoms with Crippen LogP contribution in [0.1, 0.15) is 11.1 Å². The van der Waals surface area contributed by atoms with Crippen LogP contribution < -0.4 is 4.72 Å². The lowest BCUT2D eigenvalue weighted by Gasteiger charge is -2.39. The number of nitrogens with one attached hydrogen (secondary N) is 1. The summed E-state index contributed by atoms with van der Waals surface area (Å²) in [5, 5.41) is 11.0. The summed E-state index contributed by atoms with van der Waals surface area (Å²) in [5.41, 5.74) is 1.62. The van der Waals surface area contributed by atoms with Crippen LogP contribution in [0.5, 0.6) is 0 Å². The molecule has 12 heteroatoms. The smallest absolute Gasteiger partial charge is 0.269 e. The summed E-state index contributed by atoms with van der Waals surface area (Å²) >= 11 is 0. The highest BCUT2D eigenvalue weighted by Crippen LogP contribution is 2.26. The molecule has 0 saturated carbocycles. The number of morpholine rings is 1. The van der Waals surface area contributed by atoms with Gasteiger partial charge in [-0.05, 0) is 43.2 Å². The highest BCUT2D eigenvalue weighted by molar-refractivity contribution is 7.89. The molecule has 1 fully saturated rings. The summed E-state index contributed by atoms with van der Waals surface area (Å²) in [4.78, 5) is 10.4. The Morgan fingerprint density at radius 2 is 1.57 bits per heavy atom. The third-order valence-corrected chi connectivity index (χ3v) is 9.49. The monoisotopic (exact) mass is 545 g/mol. The van der Waals surface area contributed by atoms with Crippen molar-refractivity contribution in [2.24, 2.45) is 0 Å². The summed E-state index contributed by atoms with van der Waals surface area (Å²) < 4.78 is 62.4. The molecule has 1 N–H and O–H groups in total. The number of nitro benzene ring substituents is 1. The highest BCUT2D eigenvalue weighted by atomic mass is 32.2. The van der Waals surface area contributed by atoms with Gasteiger partial charge in [0.25, 0.3) is 5.69 Å². The van der Waals surface area contributed by atoms with Crippen LogP contribution in [0.3, 0.4) is 0 Å². The van der Waals surface area contributed by atoms with Crippen LogP contribution in [0.15, 0.2) is 88.7 Å². The zero-order chi connectivity index (χ0) is 26.6. The van der Waals surface area contributed by atoms with Crippen molar-refractivity contribution >= 4 is 25.7 Å². The van der Waals surface area contributed by atoms with Crippen LogP contribution in [-0.2, 0) is 31.2 Å². The number of nitro groups is 1. The molecule has 0 amide bonds. The number of sulfonamides is 2. The number of aryl methyl sites for hydroxylation is 1. The average molecular weight is 546 g/mol. The van der Waals surface area contributed by atoms with Crippen molar-refractivity contribution in [1.29, 1.82) is 0 Å². The largest absolute Gasteiger partial charge is 0.374 e. The standard InChI is InChI=1S/C25H27N3O7S2/c1-19-7-11-24(12-8-19)36(31,32)26-16-23-17-27(22(18-35-23)15-20-5-3-2-4-6-20)37(33,34)25-13-9-21(10-14-25)28(29)30/h2-14,22-23,26H,15-18H2,1H3/t22-,23+/m0/s1. The lowest BCUT2D eigenvalue weighted by atomic mass is 10.1. The third-order valence-electron chi connectivity index (χ3n) is 6.12. The van der Waals surface area contributed by atoms with Crippen molar-refractivity contribution < 1.29 is 26.5 Å². The molecule has 0 spiro atoms. The van der Waals surface area contributed by atoms with Crippen molar-refractivity contribution in [3.63, 3.8) is 0 Å². The van der Waals surface area contributed by atoms with E-state index in [9.17, 15) is 26.9 Å². The maximum atomic E-state index is 13.6. The van der Waals surface area contributed by atoms with Crippen LogP contribution in [0.4, 0.5) is 5.69 Å². The molecular formula is C25H27N3O7S2. The molecule has 10 nitrogen and oxygen atoms in total. The Hall–Kier alpha value is -3.16. The molecule has 1 heterocycles. The van der Waals surface area contributed by atoms with E-state index in [1.807, 2.05) is 37.3 Å². The van der Waals surface area contributed by atoms with Crippen molar-refractivity contribution in [3.05, 3.63) is 100 Å². The number of hydrogen-bond acceptors (Lipinski definition) is 7. The maximum Gasteiger partial charge on any atom is 0.269 e. The lowest BCUT2D eigenvalue weighted by Crippen LogP contribution is -2.55. The predicted octanol–water partition coefficient (Wildman–Crippen LogP) is 2.88. The Morgan fingerprint density at radius 1 is 0.946 bits per heavy atom. The zero-order valence-electron chi connectivity index (χ0n) is 20.1. The summed E-state index contributed by atoms with van der Waals surface area (Å²) in [6.07, 6.45) is -0.352. The summed E-state index contributed by atoms with van der Waals surface area (Å²) in [6.45, 7) is 1.69. The maximum absolute atomic E-state index is 13.6. The molecule has 196 valence electrons. The third kappa shape index (κ3) is 6.40. The quantitative estimate of drug-likeness (QED) is 0.323. The summed E-state index contributed by atoms with van der Waals surface area (Å²) in [6, 6.07) is 19.9. The van der Waals surface area contributed by atoms with E-state index < -0.39 is 37.1 Å². The van der Waals surface area contributed by atoms with Crippen LogP contribution in [0.25, 0.3) is 0 Å². The molecule has 0 aromatic heterocycles. The van der Waals surface area contributed by atoms with Gasteiger partial charge in [-0.2, -0.15) is 4.31 Å². The van der Waals surface area contributed by atoms with Crippen LogP contribution in [-0.4, -0.2) is 57.9 Å². The molecule has 1 saturated heterocycles. The summed E-state index contributed by atoms with van der Waals surface area (Å²) in [5.74, 6) is 0. The molecule has 37 heavy (non-hydrogen) atoms. The minimum Gasteiger partial charge on any atom is -0.374 e. The average Bonchev–Trinajstić information content (AvgIpc) is 2.89. The van der Waals surface area contributed by atoms with E-state index in [0.29, 0.717) is 6.42 Å². The van der Waals surface area contributed by atoms with E-state index >= 15 is 0 Å². The molecule has 0 radical (unpaired) electrons. The van der Waals surface area contributed by atoms with Crippen molar-refractivity contribution in [2.75, 3.05) is 19.7 Å². The molecule has 0 aliphatic carbocycles. The van der Waals surface area contributed by atoms with Gasteiger partial charge >= 0.3 is 0 Å². The first kappa shape index (κ1) is 26.9. The number of non-ortho nitro benzene ring substituents is 1. The van der Waals surface area contributed by atoms with Crippen LogP contribution in [0, 0.1) is 17.0 Å². The fraction of sp³-hybridized carbons (Fsp3) is 0.280. The van der Waals surface area contributed by atoms with Crippen molar-refractivity contribution in [3.8, 4) is 0 Å². The molecular weight excluding hydrogens is 518 g/mol. The molecule has 0 unspecified atom stereocenters. The van der Waals surface area contributed by atoms with Crippen molar-refractivity contribution in [2.45, 2.75) is 35.3 Å². The molecule has 0 bridgehead atoms. The molecule has 2 atom stereocenters. The first-order valence-corrected chi connectivity index (χ1v) is 14.5. The van der Waals surface area contributed by atoms with Gasteiger partial charge in [0.05, 0.1) is 33.5 Å². The Balaban J connectivity index is 1.56. The van der Waals surface area contributed by atoms with E-state index in [2.05, 4.69) is 4.72 Å². The van der Waals surface area contributed by atoms with Gasteiger partial charge in [-0.1, -0.05) is 48.0 Å². The fourth-order valence-corrected chi connectivity index (χ4v) is 6.78. The Kier molecular flexibility index (Phi) is 8.05. The first-order chi connectivity index (χ1) is 17.6. The Bertz CT molecular complexity index is 1440. The SMILES string of the molecule is Cc1ccc(S(=O)(=O)NC[C@@H]2CN(S(=O)(=O)c3ccc([N+](=O)[O-])cc3)[C@@H](Cc3ccccc3)CO2)cc1. The number of rotatable bonds is 9.